The Bertz CT molecular complexity index is 746. The van der Waals surface area contributed by atoms with E-state index >= 15 is 0 Å². The van der Waals surface area contributed by atoms with Crippen LogP contribution in [0.4, 0.5) is 4.79 Å². The van der Waals surface area contributed by atoms with Crippen molar-refractivity contribution in [1.82, 2.24) is 4.90 Å². The minimum Gasteiger partial charge on any atom is -0.497 e. The van der Waals surface area contributed by atoms with Gasteiger partial charge in [0.15, 0.2) is 0 Å². The SMILES string of the molecule is COc1ccc(C[C@@H]2SC(=O)N(Cc3ccc(Cl)cc3)C2=O)cc1. The fourth-order valence-corrected chi connectivity index (χ4v) is 3.67. The Balaban J connectivity index is 1.67. The highest BCUT2D eigenvalue weighted by atomic mass is 35.5. The van der Waals surface area contributed by atoms with Gasteiger partial charge < -0.3 is 4.74 Å². The van der Waals surface area contributed by atoms with Crippen molar-refractivity contribution < 1.29 is 14.3 Å². The first-order valence-electron chi connectivity index (χ1n) is 7.46. The molecule has 0 unspecified atom stereocenters. The third-order valence-electron chi connectivity index (χ3n) is 3.84. The van der Waals surface area contributed by atoms with E-state index in [0.717, 1.165) is 28.6 Å². The van der Waals surface area contributed by atoms with Gasteiger partial charge in [-0.05, 0) is 41.8 Å². The number of halogens is 1. The molecule has 1 fully saturated rings. The van der Waals surface area contributed by atoms with E-state index in [1.54, 1.807) is 19.2 Å². The predicted molar refractivity (Wildman–Crippen MR) is 95.5 cm³/mol. The number of rotatable bonds is 5. The van der Waals surface area contributed by atoms with Crippen LogP contribution < -0.4 is 4.74 Å². The van der Waals surface area contributed by atoms with Gasteiger partial charge in [0.2, 0.25) is 5.91 Å². The number of hydrogen-bond donors (Lipinski definition) is 0. The van der Waals surface area contributed by atoms with Gasteiger partial charge in [0, 0.05) is 5.02 Å². The summed E-state index contributed by atoms with van der Waals surface area (Å²) in [4.78, 5) is 26.0. The lowest BCUT2D eigenvalue weighted by molar-refractivity contribution is -0.127. The molecule has 0 radical (unpaired) electrons. The molecule has 1 atom stereocenters. The molecule has 1 heterocycles. The fourth-order valence-electron chi connectivity index (χ4n) is 2.52. The van der Waals surface area contributed by atoms with Crippen LogP contribution >= 0.6 is 23.4 Å². The van der Waals surface area contributed by atoms with Gasteiger partial charge in [-0.1, -0.05) is 47.6 Å². The number of benzene rings is 2. The molecule has 0 spiro atoms. The Kier molecular flexibility index (Phi) is 5.11. The number of carbonyl (C=O) groups excluding carboxylic acids is 2. The highest BCUT2D eigenvalue weighted by Crippen LogP contribution is 2.31. The van der Waals surface area contributed by atoms with Crippen molar-refractivity contribution in [2.24, 2.45) is 0 Å². The molecule has 0 saturated carbocycles. The molecule has 0 aromatic heterocycles. The molecule has 1 saturated heterocycles. The topological polar surface area (TPSA) is 46.6 Å². The summed E-state index contributed by atoms with van der Waals surface area (Å²) < 4.78 is 5.13. The minimum atomic E-state index is -0.377. The molecule has 1 aliphatic heterocycles. The second-order valence-electron chi connectivity index (χ2n) is 5.48. The summed E-state index contributed by atoms with van der Waals surface area (Å²) in [6, 6.07) is 14.7. The summed E-state index contributed by atoms with van der Waals surface area (Å²) in [6.45, 7) is 0.279. The molecule has 0 aliphatic carbocycles. The van der Waals surface area contributed by atoms with Crippen molar-refractivity contribution in [1.29, 1.82) is 0 Å². The Morgan fingerprint density at radius 3 is 2.29 bits per heavy atom. The highest BCUT2D eigenvalue weighted by molar-refractivity contribution is 8.15. The first-order chi connectivity index (χ1) is 11.6. The van der Waals surface area contributed by atoms with E-state index in [4.69, 9.17) is 16.3 Å². The Labute approximate surface area is 149 Å². The smallest absolute Gasteiger partial charge is 0.289 e. The van der Waals surface area contributed by atoms with Crippen molar-refractivity contribution in [3.8, 4) is 5.75 Å². The first kappa shape index (κ1) is 16.9. The lowest BCUT2D eigenvalue weighted by atomic mass is 10.1. The summed E-state index contributed by atoms with van der Waals surface area (Å²) in [5.41, 5.74) is 1.88. The molecule has 1 aliphatic rings. The number of amides is 2. The minimum absolute atomic E-state index is 0.143. The molecular formula is C18H16ClNO3S. The number of nitrogens with zero attached hydrogens (tertiary/aromatic N) is 1. The van der Waals surface area contributed by atoms with Gasteiger partial charge in [0.05, 0.1) is 18.9 Å². The van der Waals surface area contributed by atoms with Crippen LogP contribution in [0.5, 0.6) is 5.75 Å². The van der Waals surface area contributed by atoms with Crippen LogP contribution in [0.3, 0.4) is 0 Å². The Hall–Kier alpha value is -1.98. The van der Waals surface area contributed by atoms with Gasteiger partial charge in [-0.2, -0.15) is 0 Å². The molecule has 4 nitrogen and oxygen atoms in total. The Morgan fingerprint density at radius 1 is 1.04 bits per heavy atom. The van der Waals surface area contributed by atoms with Crippen molar-refractivity contribution in [2.45, 2.75) is 18.2 Å². The summed E-state index contributed by atoms with van der Waals surface area (Å²) >= 11 is 6.95. The zero-order valence-corrected chi connectivity index (χ0v) is 14.6. The van der Waals surface area contributed by atoms with E-state index in [1.807, 2.05) is 36.4 Å². The third-order valence-corrected chi connectivity index (χ3v) is 5.17. The molecule has 2 amide bonds. The summed E-state index contributed by atoms with van der Waals surface area (Å²) in [6.07, 6.45) is 0.524. The van der Waals surface area contributed by atoms with Gasteiger partial charge >= 0.3 is 0 Å². The zero-order valence-electron chi connectivity index (χ0n) is 13.1. The number of hydrogen-bond acceptors (Lipinski definition) is 4. The second-order valence-corrected chi connectivity index (χ2v) is 7.07. The molecule has 124 valence electrons. The standard InChI is InChI=1S/C18H16ClNO3S/c1-23-15-8-4-12(5-9-15)10-16-17(21)20(18(22)24-16)11-13-2-6-14(19)7-3-13/h2-9,16H,10-11H2,1H3/t16-/m0/s1. The Morgan fingerprint density at radius 2 is 1.67 bits per heavy atom. The number of methoxy groups -OCH3 is 1. The zero-order chi connectivity index (χ0) is 17.1. The molecule has 24 heavy (non-hydrogen) atoms. The van der Waals surface area contributed by atoms with E-state index in [2.05, 4.69) is 0 Å². The monoisotopic (exact) mass is 361 g/mol. The van der Waals surface area contributed by atoms with Gasteiger partial charge in [-0.15, -0.1) is 0 Å². The molecule has 3 rings (SSSR count). The molecule has 2 aromatic carbocycles. The number of ether oxygens (including phenoxy) is 1. The summed E-state index contributed by atoms with van der Waals surface area (Å²) in [7, 11) is 1.61. The van der Waals surface area contributed by atoms with E-state index < -0.39 is 0 Å². The predicted octanol–water partition coefficient (Wildman–Crippen LogP) is 4.16. The highest BCUT2D eigenvalue weighted by Gasteiger charge is 2.39. The van der Waals surface area contributed by atoms with Crippen LogP contribution in [-0.4, -0.2) is 28.4 Å². The van der Waals surface area contributed by atoms with E-state index in [0.29, 0.717) is 11.4 Å². The average molecular weight is 362 g/mol. The van der Waals surface area contributed by atoms with Gasteiger partial charge in [-0.3, -0.25) is 14.5 Å². The molecule has 0 N–H and O–H groups in total. The number of carbonyl (C=O) groups is 2. The largest absolute Gasteiger partial charge is 0.497 e. The van der Waals surface area contributed by atoms with Crippen molar-refractivity contribution >= 4 is 34.5 Å². The van der Waals surface area contributed by atoms with Crippen molar-refractivity contribution in [2.75, 3.05) is 7.11 Å². The molecular weight excluding hydrogens is 346 g/mol. The van der Waals surface area contributed by atoms with Gasteiger partial charge in [-0.25, -0.2) is 0 Å². The normalized spacial score (nSPS) is 17.4. The van der Waals surface area contributed by atoms with Gasteiger partial charge in [0.1, 0.15) is 5.75 Å². The summed E-state index contributed by atoms with van der Waals surface area (Å²) in [5, 5.41) is 0.0521. The fraction of sp³-hybridized carbons (Fsp3) is 0.222. The third kappa shape index (κ3) is 3.74. The van der Waals surface area contributed by atoms with Crippen LogP contribution in [0.2, 0.25) is 5.02 Å². The maximum absolute atomic E-state index is 12.5. The van der Waals surface area contributed by atoms with Crippen LogP contribution in [-0.2, 0) is 17.8 Å². The quantitative estimate of drug-likeness (QED) is 0.802. The van der Waals surface area contributed by atoms with Crippen molar-refractivity contribution in [3.63, 3.8) is 0 Å². The maximum Gasteiger partial charge on any atom is 0.289 e. The molecule has 0 bridgehead atoms. The average Bonchev–Trinajstić information content (AvgIpc) is 2.85. The number of thioether (sulfide) groups is 1. The first-order valence-corrected chi connectivity index (χ1v) is 8.72. The van der Waals surface area contributed by atoms with E-state index in [-0.39, 0.29) is 22.9 Å². The second kappa shape index (κ2) is 7.28. The molecule has 2 aromatic rings. The van der Waals surface area contributed by atoms with Crippen LogP contribution in [0.1, 0.15) is 11.1 Å². The van der Waals surface area contributed by atoms with Gasteiger partial charge in [0.25, 0.3) is 5.24 Å². The molecule has 6 heteroatoms. The van der Waals surface area contributed by atoms with Crippen LogP contribution in [0, 0.1) is 0 Å². The lowest BCUT2D eigenvalue weighted by Crippen LogP contribution is -2.31. The van der Waals surface area contributed by atoms with E-state index in [1.165, 1.54) is 4.90 Å². The maximum atomic E-state index is 12.5. The van der Waals surface area contributed by atoms with E-state index in [9.17, 15) is 9.59 Å². The van der Waals surface area contributed by atoms with Crippen LogP contribution in [0.15, 0.2) is 48.5 Å². The van der Waals surface area contributed by atoms with Crippen LogP contribution in [0.25, 0.3) is 0 Å². The van der Waals surface area contributed by atoms with Crippen molar-refractivity contribution in [3.05, 3.63) is 64.7 Å². The number of imide groups is 1. The lowest BCUT2D eigenvalue weighted by Gasteiger charge is -2.14. The summed E-state index contributed by atoms with van der Waals surface area (Å²) in [5.74, 6) is 0.625.